The highest BCUT2D eigenvalue weighted by Crippen LogP contribution is 2.31. The number of H-pyrrole nitrogens is 1. The van der Waals surface area contributed by atoms with E-state index in [0.717, 1.165) is 16.3 Å². The summed E-state index contributed by atoms with van der Waals surface area (Å²) < 4.78 is 14.3. The van der Waals surface area contributed by atoms with Crippen LogP contribution in [0.2, 0.25) is 0 Å². The Balaban J connectivity index is 1.94. The minimum absolute atomic E-state index is 0.217. The zero-order valence-corrected chi connectivity index (χ0v) is 12.8. The number of amides is 1. The molecule has 3 aromatic heterocycles. The molecule has 0 aliphatic carbocycles. The Morgan fingerprint density at radius 2 is 2.12 bits per heavy atom. The van der Waals surface area contributed by atoms with Crippen molar-refractivity contribution in [3.8, 4) is 11.1 Å². The van der Waals surface area contributed by atoms with Gasteiger partial charge in [-0.25, -0.2) is 9.37 Å². The first-order valence-electron chi connectivity index (χ1n) is 7.41. The van der Waals surface area contributed by atoms with Crippen molar-refractivity contribution < 1.29 is 9.18 Å². The summed E-state index contributed by atoms with van der Waals surface area (Å²) in [4.78, 5) is 23.2. The zero-order valence-electron chi connectivity index (χ0n) is 12.8. The minimum Gasteiger partial charge on any atom is -0.355 e. The second kappa shape index (κ2) is 5.42. The van der Waals surface area contributed by atoms with Crippen LogP contribution in [0.1, 0.15) is 10.4 Å². The number of rotatable bonds is 2. The fraction of sp³-hybridized carbons (Fsp3) is 0.0556. The molecule has 0 radical (unpaired) electrons. The Bertz CT molecular complexity index is 1090. The number of hydrogen-bond acceptors (Lipinski definition) is 3. The number of hydrogen-bond donors (Lipinski definition) is 2. The van der Waals surface area contributed by atoms with Crippen molar-refractivity contribution in [1.29, 1.82) is 0 Å². The number of carbonyl (C=O) groups is 1. The van der Waals surface area contributed by atoms with E-state index in [4.69, 9.17) is 0 Å². The van der Waals surface area contributed by atoms with Gasteiger partial charge in [-0.15, -0.1) is 0 Å². The first kappa shape index (κ1) is 14.3. The minimum atomic E-state index is -0.382. The molecule has 0 aliphatic rings. The van der Waals surface area contributed by atoms with Gasteiger partial charge < -0.3 is 10.3 Å². The van der Waals surface area contributed by atoms with Gasteiger partial charge in [0.25, 0.3) is 5.91 Å². The van der Waals surface area contributed by atoms with E-state index in [1.54, 1.807) is 31.6 Å². The average Bonchev–Trinajstić information content (AvgIpc) is 3.04. The van der Waals surface area contributed by atoms with Crippen molar-refractivity contribution >= 4 is 27.8 Å². The van der Waals surface area contributed by atoms with Crippen LogP contribution in [0, 0.1) is 5.82 Å². The molecule has 0 fully saturated rings. The molecule has 0 atom stereocenters. The Labute approximate surface area is 136 Å². The smallest absolute Gasteiger partial charge is 0.252 e. The predicted octanol–water partition coefficient (Wildman–Crippen LogP) is 3.28. The first-order chi connectivity index (χ1) is 11.7. The zero-order chi connectivity index (χ0) is 16.7. The molecule has 2 N–H and O–H groups in total. The molecule has 0 aliphatic heterocycles. The van der Waals surface area contributed by atoms with Gasteiger partial charge in [0.2, 0.25) is 0 Å². The highest BCUT2D eigenvalue weighted by Gasteiger charge is 2.13. The van der Waals surface area contributed by atoms with Crippen LogP contribution >= 0.6 is 0 Å². The first-order valence-corrected chi connectivity index (χ1v) is 7.41. The lowest BCUT2D eigenvalue weighted by Crippen LogP contribution is -2.17. The fourth-order valence-electron chi connectivity index (χ4n) is 2.81. The maximum atomic E-state index is 14.3. The van der Waals surface area contributed by atoms with E-state index >= 15 is 0 Å². The molecule has 118 valence electrons. The summed E-state index contributed by atoms with van der Waals surface area (Å²) in [5.41, 5.74) is 2.92. The van der Waals surface area contributed by atoms with Gasteiger partial charge in [0.15, 0.2) is 0 Å². The van der Waals surface area contributed by atoms with E-state index in [0.29, 0.717) is 22.3 Å². The molecule has 4 rings (SSSR count). The maximum absolute atomic E-state index is 14.3. The molecule has 4 aromatic rings. The highest BCUT2D eigenvalue weighted by atomic mass is 19.1. The molecule has 0 saturated heterocycles. The second-order valence-electron chi connectivity index (χ2n) is 5.43. The number of fused-ring (bicyclic) bond motifs is 2. The molecular formula is C18H13FN4O. The molecular weight excluding hydrogens is 307 g/mol. The van der Waals surface area contributed by atoms with Gasteiger partial charge in [0.05, 0.1) is 5.56 Å². The quantitative estimate of drug-likeness (QED) is 0.595. The van der Waals surface area contributed by atoms with Crippen LogP contribution in [-0.2, 0) is 0 Å². The lowest BCUT2D eigenvalue weighted by Gasteiger charge is -2.05. The van der Waals surface area contributed by atoms with Crippen LogP contribution in [0.25, 0.3) is 33.1 Å². The van der Waals surface area contributed by atoms with Gasteiger partial charge in [-0.3, -0.25) is 9.78 Å². The van der Waals surface area contributed by atoms with Gasteiger partial charge >= 0.3 is 0 Å². The third kappa shape index (κ3) is 2.20. The van der Waals surface area contributed by atoms with Gasteiger partial charge in [0.1, 0.15) is 17.0 Å². The van der Waals surface area contributed by atoms with Crippen molar-refractivity contribution in [2.75, 3.05) is 7.05 Å². The van der Waals surface area contributed by atoms with Crippen LogP contribution in [0.5, 0.6) is 0 Å². The number of nitrogens with one attached hydrogen (secondary N) is 2. The Hall–Kier alpha value is -3.28. The summed E-state index contributed by atoms with van der Waals surface area (Å²) in [6.45, 7) is 0. The van der Waals surface area contributed by atoms with Crippen molar-refractivity contribution in [3.63, 3.8) is 0 Å². The van der Waals surface area contributed by atoms with Crippen LogP contribution in [0.15, 0.2) is 48.9 Å². The predicted molar refractivity (Wildman–Crippen MR) is 90.2 cm³/mol. The number of aromatic amines is 1. The molecule has 1 amide bonds. The number of carbonyl (C=O) groups excluding carboxylic acids is 1. The lowest BCUT2D eigenvalue weighted by atomic mass is 10.0. The van der Waals surface area contributed by atoms with Gasteiger partial charge in [0, 0.05) is 42.0 Å². The van der Waals surface area contributed by atoms with E-state index in [-0.39, 0.29) is 11.7 Å². The molecule has 5 nitrogen and oxygen atoms in total. The summed E-state index contributed by atoms with van der Waals surface area (Å²) in [6.07, 6.45) is 4.84. The van der Waals surface area contributed by atoms with Crippen LogP contribution in [0.3, 0.4) is 0 Å². The van der Waals surface area contributed by atoms with Crippen molar-refractivity contribution in [2.45, 2.75) is 0 Å². The summed E-state index contributed by atoms with van der Waals surface area (Å²) in [6, 6.07) is 8.66. The largest absolute Gasteiger partial charge is 0.355 e. The lowest BCUT2D eigenvalue weighted by molar-refractivity contribution is 0.0963. The highest BCUT2D eigenvalue weighted by molar-refractivity contribution is 6.01. The monoisotopic (exact) mass is 320 g/mol. The molecule has 0 unspecified atom stereocenters. The van der Waals surface area contributed by atoms with E-state index < -0.39 is 0 Å². The van der Waals surface area contributed by atoms with Gasteiger partial charge in [-0.05, 0) is 29.8 Å². The molecule has 24 heavy (non-hydrogen) atoms. The molecule has 0 saturated carbocycles. The van der Waals surface area contributed by atoms with E-state index in [9.17, 15) is 9.18 Å². The van der Waals surface area contributed by atoms with E-state index in [1.165, 1.54) is 12.3 Å². The fourth-order valence-corrected chi connectivity index (χ4v) is 2.81. The number of benzene rings is 1. The third-order valence-electron chi connectivity index (χ3n) is 3.99. The third-order valence-corrected chi connectivity index (χ3v) is 3.99. The standard InChI is InChI=1S/C18H13FN4O/c1-20-18(24)12-6-13-14(9-23-17(13)22-8-12)11-5-10-3-2-4-21-16(10)15(19)7-11/h2-9H,1H3,(H,20,24)(H,22,23). The van der Waals surface area contributed by atoms with Crippen molar-refractivity contribution in [3.05, 3.63) is 60.3 Å². The van der Waals surface area contributed by atoms with Gasteiger partial charge in [-0.1, -0.05) is 6.07 Å². The molecule has 6 heteroatoms. The van der Waals surface area contributed by atoms with E-state index in [1.807, 2.05) is 12.1 Å². The topological polar surface area (TPSA) is 70.7 Å². The Morgan fingerprint density at radius 1 is 1.25 bits per heavy atom. The van der Waals surface area contributed by atoms with Crippen molar-refractivity contribution in [1.82, 2.24) is 20.3 Å². The number of aromatic nitrogens is 3. The number of halogens is 1. The maximum Gasteiger partial charge on any atom is 0.252 e. The Kier molecular flexibility index (Phi) is 3.23. The van der Waals surface area contributed by atoms with Crippen LogP contribution in [-0.4, -0.2) is 27.9 Å². The van der Waals surface area contributed by atoms with E-state index in [2.05, 4.69) is 20.3 Å². The normalized spacial score (nSPS) is 11.1. The summed E-state index contributed by atoms with van der Waals surface area (Å²) >= 11 is 0. The van der Waals surface area contributed by atoms with Gasteiger partial charge in [-0.2, -0.15) is 0 Å². The van der Waals surface area contributed by atoms with Crippen molar-refractivity contribution in [2.24, 2.45) is 0 Å². The van der Waals surface area contributed by atoms with Crippen LogP contribution in [0.4, 0.5) is 4.39 Å². The number of nitrogens with zero attached hydrogens (tertiary/aromatic N) is 2. The Morgan fingerprint density at radius 3 is 2.96 bits per heavy atom. The average molecular weight is 320 g/mol. The molecule has 3 heterocycles. The number of pyridine rings is 2. The SMILES string of the molecule is CNC(=O)c1cnc2[nH]cc(-c3cc(F)c4ncccc4c3)c2c1. The molecule has 0 spiro atoms. The van der Waals surface area contributed by atoms with Crippen LogP contribution < -0.4 is 5.32 Å². The summed E-state index contributed by atoms with van der Waals surface area (Å²) in [5.74, 6) is -0.599. The molecule has 0 bridgehead atoms. The summed E-state index contributed by atoms with van der Waals surface area (Å²) in [5, 5.41) is 4.06. The second-order valence-corrected chi connectivity index (χ2v) is 5.43. The molecule has 1 aromatic carbocycles. The summed E-state index contributed by atoms with van der Waals surface area (Å²) in [7, 11) is 1.57.